The van der Waals surface area contributed by atoms with Crippen LogP contribution in [0.2, 0.25) is 0 Å². The van der Waals surface area contributed by atoms with E-state index in [0.717, 1.165) is 11.3 Å². The summed E-state index contributed by atoms with van der Waals surface area (Å²) in [6.45, 7) is 1.90. The van der Waals surface area contributed by atoms with Crippen LogP contribution in [0.3, 0.4) is 0 Å². The molecule has 0 heterocycles. The van der Waals surface area contributed by atoms with E-state index in [9.17, 15) is 9.90 Å². The van der Waals surface area contributed by atoms with Crippen LogP contribution >= 0.6 is 0 Å². The average Bonchev–Trinajstić information content (AvgIpc) is 2.17. The molecule has 15 heavy (non-hydrogen) atoms. The van der Waals surface area contributed by atoms with E-state index in [4.69, 9.17) is 5.73 Å². The van der Waals surface area contributed by atoms with E-state index in [1.165, 1.54) is 0 Å². The fourth-order valence-electron chi connectivity index (χ4n) is 1.33. The van der Waals surface area contributed by atoms with E-state index in [-0.39, 0.29) is 12.5 Å². The van der Waals surface area contributed by atoms with Crippen LogP contribution in [0.25, 0.3) is 0 Å². The second-order valence-corrected chi connectivity index (χ2v) is 3.59. The van der Waals surface area contributed by atoms with Crippen molar-refractivity contribution in [1.82, 2.24) is 0 Å². The molecule has 0 aliphatic carbocycles. The van der Waals surface area contributed by atoms with Crippen molar-refractivity contribution in [3.05, 3.63) is 29.8 Å². The third kappa shape index (κ3) is 3.25. The number of nitrogens with two attached hydrogens (primary N) is 1. The molecule has 0 aromatic heterocycles. The smallest absolute Gasteiger partial charge is 0.236 e. The summed E-state index contributed by atoms with van der Waals surface area (Å²) in [6.07, 6.45) is -0.472. The summed E-state index contributed by atoms with van der Waals surface area (Å²) in [5.74, 6) is -0.364. The van der Waals surface area contributed by atoms with Crippen molar-refractivity contribution in [3.63, 3.8) is 0 Å². The third-order valence-corrected chi connectivity index (χ3v) is 2.21. The molecule has 1 aromatic rings. The highest BCUT2D eigenvalue weighted by molar-refractivity contribution is 5.79. The highest BCUT2D eigenvalue weighted by Crippen LogP contribution is 2.17. The maximum Gasteiger partial charge on any atom is 0.236 e. The van der Waals surface area contributed by atoms with E-state index in [0.29, 0.717) is 0 Å². The van der Waals surface area contributed by atoms with Crippen molar-refractivity contribution >= 4 is 11.6 Å². The van der Waals surface area contributed by atoms with Gasteiger partial charge in [0.15, 0.2) is 0 Å². The fourth-order valence-corrected chi connectivity index (χ4v) is 1.33. The van der Waals surface area contributed by atoms with E-state index in [1.807, 2.05) is 24.3 Å². The molecular formula is C11H16N2O2. The van der Waals surface area contributed by atoms with Crippen molar-refractivity contribution in [2.75, 3.05) is 18.5 Å². The first-order valence-corrected chi connectivity index (χ1v) is 4.78. The predicted molar refractivity (Wildman–Crippen MR) is 59.5 cm³/mol. The Hall–Kier alpha value is -1.55. The Morgan fingerprint density at radius 3 is 2.40 bits per heavy atom. The van der Waals surface area contributed by atoms with Crippen molar-refractivity contribution in [3.8, 4) is 0 Å². The van der Waals surface area contributed by atoms with Crippen molar-refractivity contribution in [2.24, 2.45) is 5.73 Å². The van der Waals surface area contributed by atoms with Crippen LogP contribution in [-0.2, 0) is 4.79 Å². The molecule has 82 valence electrons. The van der Waals surface area contributed by atoms with Crippen LogP contribution in [0, 0.1) is 0 Å². The Morgan fingerprint density at radius 1 is 1.47 bits per heavy atom. The molecule has 0 saturated carbocycles. The lowest BCUT2D eigenvalue weighted by Gasteiger charge is -2.17. The zero-order valence-electron chi connectivity index (χ0n) is 8.97. The Kier molecular flexibility index (Phi) is 3.68. The maximum atomic E-state index is 10.7. The summed E-state index contributed by atoms with van der Waals surface area (Å²) in [5, 5.41) is 9.31. The maximum absolute atomic E-state index is 10.7. The minimum absolute atomic E-state index is 0.189. The average molecular weight is 208 g/mol. The number of hydrogen-bond donors (Lipinski definition) is 2. The summed E-state index contributed by atoms with van der Waals surface area (Å²) in [7, 11) is 1.79. The lowest BCUT2D eigenvalue weighted by Crippen LogP contribution is -2.30. The lowest BCUT2D eigenvalue weighted by atomic mass is 10.1. The van der Waals surface area contributed by atoms with Crippen LogP contribution in [0.5, 0.6) is 0 Å². The van der Waals surface area contributed by atoms with Crippen LogP contribution in [0.15, 0.2) is 24.3 Å². The summed E-state index contributed by atoms with van der Waals surface area (Å²) in [4.78, 5) is 12.5. The topological polar surface area (TPSA) is 66.6 Å². The van der Waals surface area contributed by atoms with E-state index in [1.54, 1.807) is 18.9 Å². The molecule has 0 saturated heterocycles. The largest absolute Gasteiger partial charge is 0.389 e. The second-order valence-electron chi connectivity index (χ2n) is 3.59. The molecule has 0 aliphatic heterocycles. The molecule has 4 heteroatoms. The van der Waals surface area contributed by atoms with Gasteiger partial charge in [-0.25, -0.2) is 0 Å². The van der Waals surface area contributed by atoms with E-state index < -0.39 is 6.10 Å². The van der Waals surface area contributed by atoms with Gasteiger partial charge in [0.1, 0.15) is 0 Å². The monoisotopic (exact) mass is 208 g/mol. The number of benzene rings is 1. The number of aliphatic hydroxyl groups is 1. The number of likely N-dealkylation sites (N-methyl/N-ethyl adjacent to an activating group) is 1. The van der Waals surface area contributed by atoms with Gasteiger partial charge in [-0.3, -0.25) is 4.79 Å². The first-order valence-electron chi connectivity index (χ1n) is 4.78. The first-order chi connectivity index (χ1) is 7.00. The lowest BCUT2D eigenvalue weighted by molar-refractivity contribution is -0.116. The van der Waals surface area contributed by atoms with Gasteiger partial charge in [-0.15, -0.1) is 0 Å². The minimum Gasteiger partial charge on any atom is -0.389 e. The molecule has 4 nitrogen and oxygen atoms in total. The van der Waals surface area contributed by atoms with Gasteiger partial charge in [0.25, 0.3) is 0 Å². The van der Waals surface area contributed by atoms with Crippen LogP contribution in [-0.4, -0.2) is 24.6 Å². The summed E-state index contributed by atoms with van der Waals surface area (Å²) in [6, 6.07) is 7.37. The van der Waals surface area contributed by atoms with Gasteiger partial charge in [-0.1, -0.05) is 12.1 Å². The van der Waals surface area contributed by atoms with Crippen LogP contribution in [0.4, 0.5) is 5.69 Å². The van der Waals surface area contributed by atoms with Gasteiger partial charge < -0.3 is 15.7 Å². The zero-order chi connectivity index (χ0) is 11.4. The molecule has 1 aromatic carbocycles. The Bertz CT molecular complexity index is 333. The summed E-state index contributed by atoms with van der Waals surface area (Å²) in [5.41, 5.74) is 6.84. The highest BCUT2D eigenvalue weighted by atomic mass is 16.3. The zero-order valence-corrected chi connectivity index (χ0v) is 8.97. The van der Waals surface area contributed by atoms with Gasteiger partial charge in [-0.2, -0.15) is 0 Å². The minimum atomic E-state index is -0.472. The van der Waals surface area contributed by atoms with Gasteiger partial charge in [-0.05, 0) is 24.6 Å². The number of nitrogens with zero attached hydrogens (tertiary/aromatic N) is 1. The molecule has 0 unspecified atom stereocenters. The van der Waals surface area contributed by atoms with Crippen LogP contribution in [0.1, 0.15) is 18.6 Å². The predicted octanol–water partition coefficient (Wildman–Crippen LogP) is 0.661. The number of primary amides is 1. The molecule has 0 aliphatic rings. The standard InChI is InChI=1S/C11H16N2O2/c1-8(14)9-3-5-10(6-4-9)13(2)7-11(12)15/h3-6,8,14H,7H2,1-2H3,(H2,12,15)/t8-/m0/s1. The number of rotatable bonds is 4. The third-order valence-electron chi connectivity index (χ3n) is 2.21. The number of hydrogen-bond acceptors (Lipinski definition) is 3. The fraction of sp³-hybridized carbons (Fsp3) is 0.364. The molecule has 0 spiro atoms. The molecule has 3 N–H and O–H groups in total. The molecule has 1 amide bonds. The van der Waals surface area contributed by atoms with Crippen molar-refractivity contribution < 1.29 is 9.90 Å². The first kappa shape index (κ1) is 11.5. The van der Waals surface area contributed by atoms with Gasteiger partial charge in [0.2, 0.25) is 5.91 Å². The number of anilines is 1. The SMILES string of the molecule is C[C@H](O)c1ccc(N(C)CC(N)=O)cc1. The van der Waals surface area contributed by atoms with Gasteiger partial charge >= 0.3 is 0 Å². The summed E-state index contributed by atoms with van der Waals surface area (Å²) >= 11 is 0. The molecule has 1 atom stereocenters. The molecular weight excluding hydrogens is 192 g/mol. The van der Waals surface area contributed by atoms with E-state index in [2.05, 4.69) is 0 Å². The number of carbonyl (C=O) groups is 1. The van der Waals surface area contributed by atoms with Gasteiger partial charge in [0.05, 0.1) is 12.6 Å². The number of aliphatic hydroxyl groups excluding tert-OH is 1. The Labute approximate surface area is 89.3 Å². The highest BCUT2D eigenvalue weighted by Gasteiger charge is 2.05. The second kappa shape index (κ2) is 4.79. The molecule has 0 fully saturated rings. The number of carbonyl (C=O) groups excluding carboxylic acids is 1. The molecule has 0 radical (unpaired) electrons. The molecule has 1 rings (SSSR count). The number of amides is 1. The van der Waals surface area contributed by atoms with Crippen molar-refractivity contribution in [2.45, 2.75) is 13.0 Å². The van der Waals surface area contributed by atoms with E-state index >= 15 is 0 Å². The van der Waals surface area contributed by atoms with Gasteiger partial charge in [0, 0.05) is 12.7 Å². The Morgan fingerprint density at radius 2 is 2.00 bits per heavy atom. The molecule has 0 bridgehead atoms. The quantitative estimate of drug-likeness (QED) is 0.764. The Balaban J connectivity index is 2.75. The van der Waals surface area contributed by atoms with Crippen LogP contribution < -0.4 is 10.6 Å². The normalized spacial score (nSPS) is 12.2. The summed E-state index contributed by atoms with van der Waals surface area (Å²) < 4.78 is 0. The van der Waals surface area contributed by atoms with Crippen molar-refractivity contribution in [1.29, 1.82) is 0 Å².